The smallest absolute Gasteiger partial charge is 0.257 e. The third-order valence-electron chi connectivity index (χ3n) is 5.29. The molecule has 1 amide bonds. The molecular weight excluding hydrogens is 448 g/mol. The molecule has 0 radical (unpaired) electrons. The first-order valence-electron chi connectivity index (χ1n) is 10.6. The van der Waals surface area contributed by atoms with Crippen LogP contribution in [0.4, 0.5) is 5.82 Å². The van der Waals surface area contributed by atoms with Gasteiger partial charge in [-0.15, -0.1) is 0 Å². The van der Waals surface area contributed by atoms with E-state index in [1.54, 1.807) is 66.4 Å². The quantitative estimate of drug-likeness (QED) is 0.343. The molecule has 0 saturated carbocycles. The van der Waals surface area contributed by atoms with Crippen molar-refractivity contribution in [1.82, 2.24) is 14.8 Å². The lowest BCUT2D eigenvalue weighted by molar-refractivity contribution is 0.0996. The van der Waals surface area contributed by atoms with Gasteiger partial charge in [0, 0.05) is 17.2 Å². The van der Waals surface area contributed by atoms with Crippen LogP contribution in [0, 0.1) is 6.92 Å². The molecule has 0 bridgehead atoms. The van der Waals surface area contributed by atoms with Gasteiger partial charge in [0.15, 0.2) is 5.78 Å². The molecule has 2 aromatic heterocycles. The van der Waals surface area contributed by atoms with Gasteiger partial charge < -0.3 is 10.1 Å². The van der Waals surface area contributed by atoms with E-state index in [-0.39, 0.29) is 11.3 Å². The molecule has 168 valence electrons. The summed E-state index contributed by atoms with van der Waals surface area (Å²) in [4.78, 5) is 31.0. The molecule has 0 unspecified atom stereocenters. The Morgan fingerprint density at radius 2 is 1.68 bits per heavy atom. The Labute approximate surface area is 199 Å². The first-order valence-corrected chi connectivity index (χ1v) is 11.4. The van der Waals surface area contributed by atoms with Gasteiger partial charge in [-0.2, -0.15) is 9.78 Å². The number of ketones is 1. The summed E-state index contributed by atoms with van der Waals surface area (Å²) in [5, 5.41) is 8.04. The summed E-state index contributed by atoms with van der Waals surface area (Å²) in [6, 6.07) is 23.1. The molecule has 0 atom stereocenters. The summed E-state index contributed by atoms with van der Waals surface area (Å²) < 4.78 is 7.85. The SMILES string of the molecule is COc1ccc2nc(-n3nc(C)cc3NC(=O)c3ccccc3C(=O)c3ccccc3)sc2c1. The van der Waals surface area contributed by atoms with Crippen LogP contribution in [0.5, 0.6) is 5.75 Å². The van der Waals surface area contributed by atoms with Gasteiger partial charge in [0.1, 0.15) is 11.6 Å². The Hall–Kier alpha value is -4.30. The van der Waals surface area contributed by atoms with Crippen molar-refractivity contribution in [2.24, 2.45) is 0 Å². The number of hydrogen-bond donors (Lipinski definition) is 1. The fourth-order valence-electron chi connectivity index (χ4n) is 3.65. The number of methoxy groups -OCH3 is 1. The van der Waals surface area contributed by atoms with Gasteiger partial charge in [-0.05, 0) is 31.2 Å². The number of nitrogens with one attached hydrogen (secondary N) is 1. The van der Waals surface area contributed by atoms with Crippen molar-refractivity contribution in [2.45, 2.75) is 6.92 Å². The number of fused-ring (bicyclic) bond motifs is 1. The lowest BCUT2D eigenvalue weighted by atomic mass is 9.98. The Bertz CT molecular complexity index is 1520. The second-order valence-electron chi connectivity index (χ2n) is 7.61. The largest absolute Gasteiger partial charge is 0.497 e. The molecule has 0 fully saturated rings. The minimum absolute atomic E-state index is 0.212. The highest BCUT2D eigenvalue weighted by Gasteiger charge is 2.20. The third-order valence-corrected chi connectivity index (χ3v) is 6.28. The second-order valence-corrected chi connectivity index (χ2v) is 8.62. The normalized spacial score (nSPS) is 10.9. The number of hydrogen-bond acceptors (Lipinski definition) is 6. The van der Waals surface area contributed by atoms with Crippen molar-refractivity contribution in [3.63, 3.8) is 0 Å². The monoisotopic (exact) mass is 468 g/mol. The van der Waals surface area contributed by atoms with Gasteiger partial charge in [-0.3, -0.25) is 9.59 Å². The second kappa shape index (κ2) is 8.92. The molecule has 5 aromatic rings. The van der Waals surface area contributed by atoms with Gasteiger partial charge in [0.05, 0.1) is 28.6 Å². The molecule has 3 aromatic carbocycles. The summed E-state index contributed by atoms with van der Waals surface area (Å²) in [6.07, 6.45) is 0. The van der Waals surface area contributed by atoms with Gasteiger partial charge in [-0.25, -0.2) is 4.98 Å². The maximum Gasteiger partial charge on any atom is 0.257 e. The average molecular weight is 469 g/mol. The molecule has 0 aliphatic carbocycles. The maximum atomic E-state index is 13.3. The zero-order chi connectivity index (χ0) is 23.7. The fourth-order valence-corrected chi connectivity index (χ4v) is 4.61. The number of anilines is 1. The third kappa shape index (κ3) is 4.06. The van der Waals surface area contributed by atoms with E-state index in [9.17, 15) is 9.59 Å². The van der Waals surface area contributed by atoms with Crippen LogP contribution in [0.15, 0.2) is 78.9 Å². The zero-order valence-corrected chi connectivity index (χ0v) is 19.3. The number of thiazole rings is 1. The number of amides is 1. The molecule has 0 spiro atoms. The first kappa shape index (κ1) is 21.5. The predicted molar refractivity (Wildman–Crippen MR) is 132 cm³/mol. The molecule has 8 heteroatoms. The van der Waals surface area contributed by atoms with Crippen LogP contribution in [-0.4, -0.2) is 33.6 Å². The van der Waals surface area contributed by atoms with E-state index in [0.29, 0.717) is 22.1 Å². The highest BCUT2D eigenvalue weighted by Crippen LogP contribution is 2.30. The lowest BCUT2D eigenvalue weighted by Gasteiger charge is -2.10. The molecule has 5 rings (SSSR count). The van der Waals surface area contributed by atoms with Crippen molar-refractivity contribution >= 4 is 39.1 Å². The number of aromatic nitrogens is 3. The number of carbonyl (C=O) groups is 2. The number of ether oxygens (including phenoxy) is 1. The standard InChI is InChI=1S/C26H20N4O3S/c1-16-14-23(30(29-16)26-27-21-13-12-18(33-2)15-22(21)34-26)28-25(32)20-11-7-6-10-19(20)24(31)17-8-4-3-5-9-17/h3-15H,1-2H3,(H,28,32). The fraction of sp³-hybridized carbons (Fsp3) is 0.0769. The Kier molecular flexibility index (Phi) is 5.65. The van der Waals surface area contributed by atoms with Crippen LogP contribution in [-0.2, 0) is 0 Å². The summed E-state index contributed by atoms with van der Waals surface area (Å²) >= 11 is 1.44. The van der Waals surface area contributed by atoms with Crippen molar-refractivity contribution in [3.8, 4) is 10.9 Å². The first-order chi connectivity index (χ1) is 16.5. The van der Waals surface area contributed by atoms with Gasteiger partial charge in [0.2, 0.25) is 5.13 Å². The van der Waals surface area contributed by atoms with Crippen LogP contribution >= 0.6 is 11.3 Å². The Morgan fingerprint density at radius 1 is 0.941 bits per heavy atom. The number of nitrogens with zero attached hydrogens (tertiary/aromatic N) is 3. The molecule has 0 saturated heterocycles. The summed E-state index contributed by atoms with van der Waals surface area (Å²) in [5.74, 6) is 0.600. The molecule has 1 N–H and O–H groups in total. The maximum absolute atomic E-state index is 13.3. The molecule has 7 nitrogen and oxygen atoms in total. The molecule has 2 heterocycles. The van der Waals surface area contributed by atoms with Crippen LogP contribution < -0.4 is 10.1 Å². The molecule has 0 aliphatic rings. The highest BCUT2D eigenvalue weighted by molar-refractivity contribution is 7.20. The summed E-state index contributed by atoms with van der Waals surface area (Å²) in [6.45, 7) is 1.84. The lowest BCUT2D eigenvalue weighted by Crippen LogP contribution is -2.18. The van der Waals surface area contributed by atoms with Crippen molar-refractivity contribution in [2.75, 3.05) is 12.4 Å². The Morgan fingerprint density at radius 3 is 2.44 bits per heavy atom. The van der Waals surface area contributed by atoms with E-state index >= 15 is 0 Å². The van der Waals surface area contributed by atoms with Gasteiger partial charge in [-0.1, -0.05) is 59.9 Å². The molecule has 34 heavy (non-hydrogen) atoms. The minimum Gasteiger partial charge on any atom is -0.497 e. The van der Waals surface area contributed by atoms with Crippen LogP contribution in [0.25, 0.3) is 15.3 Å². The van der Waals surface area contributed by atoms with E-state index in [1.165, 1.54) is 11.3 Å². The average Bonchev–Trinajstić information content (AvgIpc) is 3.46. The van der Waals surface area contributed by atoms with Gasteiger partial charge in [0.25, 0.3) is 5.91 Å². The summed E-state index contributed by atoms with van der Waals surface area (Å²) in [5.41, 5.74) is 2.68. The van der Waals surface area contributed by atoms with E-state index in [4.69, 9.17) is 4.74 Å². The topological polar surface area (TPSA) is 86.1 Å². The molecule has 0 aliphatic heterocycles. The minimum atomic E-state index is -0.399. The predicted octanol–water partition coefficient (Wildman–Crippen LogP) is 5.28. The number of carbonyl (C=O) groups excluding carboxylic acids is 2. The highest BCUT2D eigenvalue weighted by atomic mass is 32.1. The van der Waals surface area contributed by atoms with E-state index in [1.807, 2.05) is 31.2 Å². The number of rotatable bonds is 6. The van der Waals surface area contributed by atoms with Crippen molar-refractivity contribution < 1.29 is 14.3 Å². The van der Waals surface area contributed by atoms with E-state index in [0.717, 1.165) is 21.7 Å². The summed E-state index contributed by atoms with van der Waals surface area (Å²) in [7, 11) is 1.62. The van der Waals surface area contributed by atoms with E-state index in [2.05, 4.69) is 15.4 Å². The Balaban J connectivity index is 1.48. The van der Waals surface area contributed by atoms with Crippen LogP contribution in [0.3, 0.4) is 0 Å². The van der Waals surface area contributed by atoms with Crippen molar-refractivity contribution in [1.29, 1.82) is 0 Å². The zero-order valence-electron chi connectivity index (χ0n) is 18.5. The van der Waals surface area contributed by atoms with Crippen LogP contribution in [0.2, 0.25) is 0 Å². The number of benzene rings is 3. The van der Waals surface area contributed by atoms with Crippen LogP contribution in [0.1, 0.15) is 32.0 Å². The molecular formula is C26H20N4O3S. The number of aryl methyl sites for hydroxylation is 1. The van der Waals surface area contributed by atoms with E-state index < -0.39 is 5.91 Å². The van der Waals surface area contributed by atoms with Crippen molar-refractivity contribution in [3.05, 3.63) is 101 Å². The van der Waals surface area contributed by atoms with Gasteiger partial charge >= 0.3 is 0 Å².